The summed E-state index contributed by atoms with van der Waals surface area (Å²) in [5, 5.41) is 3.95. The zero-order chi connectivity index (χ0) is 12.5. The predicted octanol–water partition coefficient (Wildman–Crippen LogP) is 3.09. The van der Waals surface area contributed by atoms with Gasteiger partial charge in [-0.15, -0.1) is 0 Å². The SMILES string of the molecule is COC(=O)C1(Nc2ccc(Cl)cc2)CC(C)C1. The van der Waals surface area contributed by atoms with Gasteiger partial charge in [0.1, 0.15) is 5.54 Å². The molecule has 2 rings (SSSR count). The lowest BCUT2D eigenvalue weighted by molar-refractivity contribution is -0.150. The lowest BCUT2D eigenvalue weighted by Gasteiger charge is -2.44. The highest BCUT2D eigenvalue weighted by Crippen LogP contribution is 2.41. The maximum atomic E-state index is 11.8. The van der Waals surface area contributed by atoms with E-state index in [-0.39, 0.29) is 5.97 Å². The minimum Gasteiger partial charge on any atom is -0.467 e. The van der Waals surface area contributed by atoms with Gasteiger partial charge in [-0.25, -0.2) is 4.79 Å². The number of benzene rings is 1. The molecule has 1 saturated carbocycles. The first-order chi connectivity index (χ1) is 8.05. The minimum atomic E-state index is -0.554. The van der Waals surface area contributed by atoms with Gasteiger partial charge >= 0.3 is 5.97 Å². The van der Waals surface area contributed by atoms with E-state index in [1.807, 2.05) is 12.1 Å². The topological polar surface area (TPSA) is 38.3 Å². The molecule has 1 N–H and O–H groups in total. The normalized spacial score (nSPS) is 27.1. The average molecular weight is 254 g/mol. The van der Waals surface area contributed by atoms with Crippen LogP contribution in [0, 0.1) is 5.92 Å². The van der Waals surface area contributed by atoms with Crippen molar-refractivity contribution in [1.82, 2.24) is 0 Å². The van der Waals surface area contributed by atoms with E-state index in [1.165, 1.54) is 7.11 Å². The van der Waals surface area contributed by atoms with Crippen molar-refractivity contribution < 1.29 is 9.53 Å². The van der Waals surface area contributed by atoms with Gasteiger partial charge in [-0.3, -0.25) is 0 Å². The standard InChI is InChI=1S/C13H16ClNO2/c1-9-7-13(8-9,12(16)17-2)15-11-5-3-10(14)4-6-11/h3-6,9,15H,7-8H2,1-2H3. The largest absolute Gasteiger partial charge is 0.467 e. The van der Waals surface area contributed by atoms with E-state index in [0.29, 0.717) is 10.9 Å². The van der Waals surface area contributed by atoms with E-state index < -0.39 is 5.54 Å². The summed E-state index contributed by atoms with van der Waals surface area (Å²) in [5.74, 6) is 0.361. The Bertz CT molecular complexity index is 410. The molecule has 0 aliphatic heterocycles. The van der Waals surface area contributed by atoms with Gasteiger partial charge in [0.2, 0.25) is 0 Å². The molecule has 0 spiro atoms. The molecule has 0 saturated heterocycles. The summed E-state index contributed by atoms with van der Waals surface area (Å²) in [7, 11) is 1.43. The van der Waals surface area contributed by atoms with Gasteiger partial charge < -0.3 is 10.1 Å². The second kappa shape index (κ2) is 4.57. The number of rotatable bonds is 3. The van der Waals surface area contributed by atoms with Crippen molar-refractivity contribution >= 4 is 23.3 Å². The minimum absolute atomic E-state index is 0.189. The number of halogens is 1. The van der Waals surface area contributed by atoms with Crippen LogP contribution in [0.15, 0.2) is 24.3 Å². The summed E-state index contributed by atoms with van der Waals surface area (Å²) in [6, 6.07) is 7.35. The van der Waals surface area contributed by atoms with Crippen LogP contribution in [0.25, 0.3) is 0 Å². The summed E-state index contributed by atoms with van der Waals surface area (Å²) in [6.45, 7) is 2.13. The third-order valence-electron chi connectivity index (χ3n) is 3.20. The lowest BCUT2D eigenvalue weighted by atomic mass is 9.69. The van der Waals surface area contributed by atoms with Crippen LogP contribution in [0.2, 0.25) is 5.02 Å². The fourth-order valence-corrected chi connectivity index (χ4v) is 2.58. The Labute approximate surface area is 106 Å². The number of ether oxygens (including phenoxy) is 1. The predicted molar refractivity (Wildman–Crippen MR) is 68.2 cm³/mol. The molecule has 1 aromatic carbocycles. The summed E-state index contributed by atoms with van der Waals surface area (Å²) in [5.41, 5.74) is 0.342. The molecule has 92 valence electrons. The first-order valence-electron chi connectivity index (χ1n) is 5.68. The molecule has 3 nitrogen and oxygen atoms in total. The third kappa shape index (κ3) is 2.39. The molecule has 0 amide bonds. The second-order valence-electron chi connectivity index (χ2n) is 4.72. The lowest BCUT2D eigenvalue weighted by Crippen LogP contribution is -2.56. The Morgan fingerprint density at radius 3 is 2.47 bits per heavy atom. The Morgan fingerprint density at radius 2 is 2.00 bits per heavy atom. The van der Waals surface area contributed by atoms with Gasteiger partial charge in [0.05, 0.1) is 7.11 Å². The molecule has 1 aromatic rings. The van der Waals surface area contributed by atoms with Crippen LogP contribution in [0.3, 0.4) is 0 Å². The van der Waals surface area contributed by atoms with E-state index in [2.05, 4.69) is 12.2 Å². The Balaban J connectivity index is 2.14. The monoisotopic (exact) mass is 253 g/mol. The van der Waals surface area contributed by atoms with Crippen molar-refractivity contribution in [2.75, 3.05) is 12.4 Å². The van der Waals surface area contributed by atoms with E-state index in [1.54, 1.807) is 12.1 Å². The van der Waals surface area contributed by atoms with Crippen molar-refractivity contribution in [2.24, 2.45) is 5.92 Å². The van der Waals surface area contributed by atoms with Crippen LogP contribution < -0.4 is 5.32 Å². The van der Waals surface area contributed by atoms with Crippen LogP contribution in [-0.4, -0.2) is 18.6 Å². The number of nitrogens with one attached hydrogen (secondary N) is 1. The molecule has 4 heteroatoms. The number of carbonyl (C=O) groups is 1. The van der Waals surface area contributed by atoms with Crippen molar-refractivity contribution in [3.63, 3.8) is 0 Å². The van der Waals surface area contributed by atoms with Gasteiger partial charge in [-0.2, -0.15) is 0 Å². The number of esters is 1. The van der Waals surface area contributed by atoms with E-state index >= 15 is 0 Å². The maximum absolute atomic E-state index is 11.8. The van der Waals surface area contributed by atoms with Gasteiger partial charge in [0, 0.05) is 10.7 Å². The van der Waals surface area contributed by atoms with Crippen molar-refractivity contribution in [2.45, 2.75) is 25.3 Å². The number of anilines is 1. The van der Waals surface area contributed by atoms with Crippen LogP contribution in [-0.2, 0) is 9.53 Å². The van der Waals surface area contributed by atoms with Crippen molar-refractivity contribution in [3.8, 4) is 0 Å². The molecule has 0 radical (unpaired) electrons. The van der Waals surface area contributed by atoms with Crippen LogP contribution in [0.5, 0.6) is 0 Å². The van der Waals surface area contributed by atoms with E-state index in [0.717, 1.165) is 18.5 Å². The average Bonchev–Trinajstić information content (AvgIpc) is 2.28. The second-order valence-corrected chi connectivity index (χ2v) is 5.16. The summed E-state index contributed by atoms with van der Waals surface area (Å²) < 4.78 is 4.87. The summed E-state index contributed by atoms with van der Waals surface area (Å²) >= 11 is 5.82. The number of carbonyl (C=O) groups excluding carboxylic acids is 1. The highest BCUT2D eigenvalue weighted by atomic mass is 35.5. The molecule has 0 atom stereocenters. The molecule has 0 bridgehead atoms. The number of hydrogen-bond donors (Lipinski definition) is 1. The molecule has 1 aliphatic rings. The summed E-state index contributed by atoms with van der Waals surface area (Å²) in [6.07, 6.45) is 1.62. The summed E-state index contributed by atoms with van der Waals surface area (Å²) in [4.78, 5) is 11.8. The molecular formula is C13H16ClNO2. The van der Waals surface area contributed by atoms with Crippen molar-refractivity contribution in [1.29, 1.82) is 0 Å². The van der Waals surface area contributed by atoms with Crippen LogP contribution in [0.4, 0.5) is 5.69 Å². The van der Waals surface area contributed by atoms with Gasteiger partial charge in [0.15, 0.2) is 0 Å². The van der Waals surface area contributed by atoms with Gasteiger partial charge in [-0.05, 0) is 43.0 Å². The smallest absolute Gasteiger partial charge is 0.331 e. The zero-order valence-corrected chi connectivity index (χ0v) is 10.8. The molecule has 1 fully saturated rings. The molecule has 1 aliphatic carbocycles. The van der Waals surface area contributed by atoms with Crippen LogP contribution in [0.1, 0.15) is 19.8 Å². The van der Waals surface area contributed by atoms with Crippen molar-refractivity contribution in [3.05, 3.63) is 29.3 Å². The Morgan fingerprint density at radius 1 is 1.41 bits per heavy atom. The van der Waals surface area contributed by atoms with Gasteiger partial charge in [0.25, 0.3) is 0 Å². The maximum Gasteiger partial charge on any atom is 0.331 e. The Hall–Kier alpha value is -1.22. The quantitative estimate of drug-likeness (QED) is 0.842. The van der Waals surface area contributed by atoms with Crippen LogP contribution >= 0.6 is 11.6 Å². The van der Waals surface area contributed by atoms with E-state index in [4.69, 9.17) is 16.3 Å². The number of methoxy groups -OCH3 is 1. The fraction of sp³-hybridized carbons (Fsp3) is 0.462. The molecule has 0 aromatic heterocycles. The molecule has 17 heavy (non-hydrogen) atoms. The molecule has 0 unspecified atom stereocenters. The number of hydrogen-bond acceptors (Lipinski definition) is 3. The first-order valence-corrected chi connectivity index (χ1v) is 6.06. The third-order valence-corrected chi connectivity index (χ3v) is 3.45. The zero-order valence-electron chi connectivity index (χ0n) is 10.00. The highest BCUT2D eigenvalue weighted by Gasteiger charge is 2.49. The fourth-order valence-electron chi connectivity index (χ4n) is 2.45. The highest BCUT2D eigenvalue weighted by molar-refractivity contribution is 6.30. The van der Waals surface area contributed by atoms with Gasteiger partial charge in [-0.1, -0.05) is 18.5 Å². The molecular weight excluding hydrogens is 238 g/mol. The first kappa shape index (κ1) is 12.2. The van der Waals surface area contributed by atoms with E-state index in [9.17, 15) is 4.79 Å². The molecule has 0 heterocycles. The Kier molecular flexibility index (Phi) is 3.29.